The quantitative estimate of drug-likeness (QED) is 0.648. The fraction of sp³-hybridized carbons (Fsp3) is 0.240. The highest BCUT2D eigenvalue weighted by atomic mass is 16.3. The largest absolute Gasteiger partial charge is 0.388 e. The SMILES string of the molecule is O=C(c1ccccc1Nc1ccccc1)N1CCC([C@@H](O)c2ccccc2)CC1. The maximum absolute atomic E-state index is 13.2. The van der Waals surface area contributed by atoms with Gasteiger partial charge in [-0.2, -0.15) is 0 Å². The second-order valence-corrected chi connectivity index (χ2v) is 7.52. The summed E-state index contributed by atoms with van der Waals surface area (Å²) in [4.78, 5) is 15.1. The van der Waals surface area contributed by atoms with Gasteiger partial charge in [-0.25, -0.2) is 0 Å². The van der Waals surface area contributed by atoms with E-state index in [1.54, 1.807) is 0 Å². The van der Waals surface area contributed by atoms with Crippen molar-refractivity contribution in [2.24, 2.45) is 5.92 Å². The third-order valence-corrected chi connectivity index (χ3v) is 5.62. The molecule has 0 bridgehead atoms. The van der Waals surface area contributed by atoms with E-state index in [4.69, 9.17) is 0 Å². The first-order valence-corrected chi connectivity index (χ1v) is 10.2. The molecule has 1 fully saturated rings. The lowest BCUT2D eigenvalue weighted by molar-refractivity contribution is 0.0463. The molecule has 4 nitrogen and oxygen atoms in total. The molecule has 4 rings (SSSR count). The molecule has 1 aliphatic heterocycles. The highest BCUT2D eigenvalue weighted by molar-refractivity contribution is 6.00. The Labute approximate surface area is 171 Å². The van der Waals surface area contributed by atoms with Crippen molar-refractivity contribution in [3.63, 3.8) is 0 Å². The molecule has 4 heteroatoms. The van der Waals surface area contributed by atoms with E-state index >= 15 is 0 Å². The Hall–Kier alpha value is -3.11. The van der Waals surface area contributed by atoms with Gasteiger partial charge < -0.3 is 15.3 Å². The van der Waals surface area contributed by atoms with E-state index in [-0.39, 0.29) is 11.8 Å². The van der Waals surface area contributed by atoms with E-state index in [2.05, 4.69) is 5.32 Å². The highest BCUT2D eigenvalue weighted by Crippen LogP contribution is 2.32. The molecule has 1 amide bonds. The van der Waals surface area contributed by atoms with Crippen molar-refractivity contribution in [3.8, 4) is 0 Å². The minimum Gasteiger partial charge on any atom is -0.388 e. The highest BCUT2D eigenvalue weighted by Gasteiger charge is 2.29. The van der Waals surface area contributed by atoms with Gasteiger partial charge in [0.15, 0.2) is 0 Å². The molecule has 29 heavy (non-hydrogen) atoms. The lowest BCUT2D eigenvalue weighted by atomic mass is 9.87. The van der Waals surface area contributed by atoms with Crippen molar-refractivity contribution >= 4 is 17.3 Å². The van der Waals surface area contributed by atoms with Crippen LogP contribution in [0.2, 0.25) is 0 Å². The Kier molecular flexibility index (Phi) is 5.92. The van der Waals surface area contributed by atoms with Crippen molar-refractivity contribution in [2.45, 2.75) is 18.9 Å². The van der Waals surface area contributed by atoms with Crippen molar-refractivity contribution < 1.29 is 9.90 Å². The fourth-order valence-corrected chi connectivity index (χ4v) is 3.97. The van der Waals surface area contributed by atoms with E-state index < -0.39 is 6.10 Å². The molecule has 3 aromatic carbocycles. The standard InChI is InChI=1S/C25H26N2O2/c28-24(19-9-3-1-4-10-19)20-15-17-27(18-16-20)25(29)22-13-7-8-14-23(22)26-21-11-5-2-6-12-21/h1-14,20,24,26,28H,15-18H2/t24-/m0/s1. The Morgan fingerprint density at radius 3 is 2.14 bits per heavy atom. The number of aliphatic hydroxyl groups is 1. The van der Waals surface area contributed by atoms with Crippen molar-refractivity contribution in [2.75, 3.05) is 18.4 Å². The van der Waals surface area contributed by atoms with Gasteiger partial charge in [0.25, 0.3) is 5.91 Å². The molecular formula is C25H26N2O2. The monoisotopic (exact) mass is 386 g/mol. The second-order valence-electron chi connectivity index (χ2n) is 7.52. The van der Waals surface area contributed by atoms with Crippen LogP contribution in [0.3, 0.4) is 0 Å². The van der Waals surface area contributed by atoms with Gasteiger partial charge in [-0.05, 0) is 48.6 Å². The van der Waals surface area contributed by atoms with Crippen molar-refractivity contribution in [3.05, 3.63) is 96.1 Å². The zero-order valence-electron chi connectivity index (χ0n) is 16.4. The van der Waals surface area contributed by atoms with Crippen LogP contribution in [-0.4, -0.2) is 29.0 Å². The summed E-state index contributed by atoms with van der Waals surface area (Å²) in [7, 11) is 0. The van der Waals surface area contributed by atoms with Crippen LogP contribution >= 0.6 is 0 Å². The number of nitrogens with one attached hydrogen (secondary N) is 1. The van der Waals surface area contributed by atoms with Crippen molar-refractivity contribution in [1.29, 1.82) is 0 Å². The van der Waals surface area contributed by atoms with Gasteiger partial charge in [-0.3, -0.25) is 4.79 Å². The fourth-order valence-electron chi connectivity index (χ4n) is 3.97. The van der Waals surface area contributed by atoms with E-state index in [0.717, 1.165) is 29.8 Å². The first kappa shape index (κ1) is 19.2. The number of nitrogens with zero attached hydrogens (tertiary/aromatic N) is 1. The minimum atomic E-state index is -0.472. The maximum Gasteiger partial charge on any atom is 0.255 e. The first-order valence-electron chi connectivity index (χ1n) is 10.2. The number of benzene rings is 3. The van der Waals surface area contributed by atoms with Crippen LogP contribution in [0.1, 0.15) is 34.9 Å². The normalized spacial score (nSPS) is 15.7. The number of carbonyl (C=O) groups is 1. The third-order valence-electron chi connectivity index (χ3n) is 5.62. The molecule has 0 aromatic heterocycles. The van der Waals surface area contributed by atoms with Crippen LogP contribution in [0.25, 0.3) is 0 Å². The summed E-state index contributed by atoms with van der Waals surface area (Å²) in [5.41, 5.74) is 3.40. The Morgan fingerprint density at radius 2 is 1.45 bits per heavy atom. The topological polar surface area (TPSA) is 52.6 Å². The van der Waals surface area contributed by atoms with Crippen LogP contribution in [-0.2, 0) is 0 Å². The molecule has 1 atom stereocenters. The van der Waals surface area contributed by atoms with E-state index in [9.17, 15) is 9.90 Å². The van der Waals surface area contributed by atoms with Gasteiger partial charge in [0.1, 0.15) is 0 Å². The van der Waals surface area contributed by atoms with Gasteiger partial charge in [-0.15, -0.1) is 0 Å². The Balaban J connectivity index is 1.42. The number of hydrogen-bond acceptors (Lipinski definition) is 3. The zero-order chi connectivity index (χ0) is 20.1. The number of piperidine rings is 1. The van der Waals surface area contributed by atoms with E-state index in [0.29, 0.717) is 18.7 Å². The molecule has 1 saturated heterocycles. The lowest BCUT2D eigenvalue weighted by Gasteiger charge is -2.34. The first-order chi connectivity index (χ1) is 14.2. The molecule has 1 aliphatic rings. The number of amides is 1. The molecule has 0 spiro atoms. The predicted molar refractivity (Wildman–Crippen MR) is 116 cm³/mol. The molecule has 3 aromatic rings. The van der Waals surface area contributed by atoms with Crippen LogP contribution in [0, 0.1) is 5.92 Å². The minimum absolute atomic E-state index is 0.0386. The van der Waals surface area contributed by atoms with Crippen LogP contribution in [0.4, 0.5) is 11.4 Å². The van der Waals surface area contributed by atoms with Gasteiger partial charge in [0, 0.05) is 18.8 Å². The molecule has 0 saturated carbocycles. The Bertz CT molecular complexity index is 935. The van der Waals surface area contributed by atoms with Gasteiger partial charge >= 0.3 is 0 Å². The molecule has 1 heterocycles. The summed E-state index contributed by atoms with van der Waals surface area (Å²) >= 11 is 0. The molecule has 0 aliphatic carbocycles. The second kappa shape index (κ2) is 8.93. The number of rotatable bonds is 5. The summed E-state index contributed by atoms with van der Waals surface area (Å²) in [6.45, 7) is 1.32. The lowest BCUT2D eigenvalue weighted by Crippen LogP contribution is -2.40. The van der Waals surface area contributed by atoms with Crippen LogP contribution < -0.4 is 5.32 Å². The summed E-state index contributed by atoms with van der Waals surface area (Å²) < 4.78 is 0. The van der Waals surface area contributed by atoms with Crippen LogP contribution in [0.5, 0.6) is 0 Å². The summed E-state index contributed by atoms with van der Waals surface area (Å²) in [5, 5.41) is 14.0. The Morgan fingerprint density at radius 1 is 0.862 bits per heavy atom. The summed E-state index contributed by atoms with van der Waals surface area (Å²) in [6, 6.07) is 27.3. The molecule has 0 unspecified atom stereocenters. The molecule has 2 N–H and O–H groups in total. The van der Waals surface area contributed by atoms with Gasteiger partial charge in [-0.1, -0.05) is 60.7 Å². The maximum atomic E-state index is 13.2. The third kappa shape index (κ3) is 4.49. The summed E-state index contributed by atoms with van der Waals surface area (Å²) in [5.74, 6) is 0.218. The number of anilines is 2. The summed E-state index contributed by atoms with van der Waals surface area (Å²) in [6.07, 6.45) is 1.13. The van der Waals surface area contributed by atoms with Gasteiger partial charge in [0.05, 0.1) is 17.4 Å². The van der Waals surface area contributed by atoms with Crippen molar-refractivity contribution in [1.82, 2.24) is 4.90 Å². The molecular weight excluding hydrogens is 360 g/mol. The molecule has 0 radical (unpaired) electrons. The number of carbonyl (C=O) groups excluding carboxylic acids is 1. The number of hydrogen-bond donors (Lipinski definition) is 2. The average Bonchev–Trinajstić information content (AvgIpc) is 2.80. The smallest absolute Gasteiger partial charge is 0.255 e. The zero-order valence-corrected chi connectivity index (χ0v) is 16.4. The predicted octanol–water partition coefficient (Wildman–Crippen LogP) is 5.02. The van der Waals surface area contributed by atoms with E-state index in [1.807, 2.05) is 89.8 Å². The van der Waals surface area contributed by atoms with E-state index in [1.165, 1.54) is 0 Å². The number of para-hydroxylation sites is 2. The van der Waals surface area contributed by atoms with Gasteiger partial charge in [0.2, 0.25) is 0 Å². The molecule has 148 valence electrons. The number of aliphatic hydroxyl groups excluding tert-OH is 1. The van der Waals surface area contributed by atoms with Crippen LogP contribution in [0.15, 0.2) is 84.9 Å². The average molecular weight is 386 g/mol. The number of likely N-dealkylation sites (tertiary alicyclic amines) is 1.